The fourth-order valence-corrected chi connectivity index (χ4v) is 2.02. The number of carbonyl (C=O) groups excluding carboxylic acids is 2. The number of rotatable bonds is 3. The summed E-state index contributed by atoms with van der Waals surface area (Å²) >= 11 is 1.38. The van der Waals surface area contributed by atoms with Crippen molar-refractivity contribution in [1.29, 1.82) is 0 Å². The van der Waals surface area contributed by atoms with Crippen molar-refractivity contribution in [3.8, 4) is 0 Å². The third-order valence-electron chi connectivity index (χ3n) is 2.08. The van der Waals surface area contributed by atoms with Crippen LogP contribution in [0.15, 0.2) is 41.8 Å². The van der Waals surface area contributed by atoms with E-state index in [-0.39, 0.29) is 5.78 Å². The lowest BCUT2D eigenvalue weighted by atomic mass is 10.0. The quantitative estimate of drug-likeness (QED) is 0.584. The van der Waals surface area contributed by atoms with Gasteiger partial charge in [-0.3, -0.25) is 9.59 Å². The molecule has 0 amide bonds. The standard InChI is InChI=1S/C12H8O2S/c13-8-9-4-1-2-5-10(9)12(14)11-6-3-7-15-11/h1-8H. The molecular formula is C12H8O2S. The molecular weight excluding hydrogens is 208 g/mol. The minimum Gasteiger partial charge on any atom is -0.298 e. The number of thiophene rings is 1. The number of hydrogen-bond donors (Lipinski definition) is 0. The van der Waals surface area contributed by atoms with Gasteiger partial charge in [-0.1, -0.05) is 30.3 Å². The molecule has 74 valence electrons. The number of benzene rings is 1. The Hall–Kier alpha value is -1.74. The minimum absolute atomic E-state index is 0.0901. The highest BCUT2D eigenvalue weighted by Gasteiger charge is 2.12. The Labute approximate surface area is 91.2 Å². The number of ketones is 1. The summed E-state index contributed by atoms with van der Waals surface area (Å²) in [5.41, 5.74) is 0.908. The molecule has 1 heterocycles. The molecule has 15 heavy (non-hydrogen) atoms. The molecule has 0 N–H and O–H groups in total. The molecule has 0 radical (unpaired) electrons. The first-order valence-corrected chi connectivity index (χ1v) is 5.33. The fraction of sp³-hybridized carbons (Fsp3) is 0. The Morgan fingerprint density at radius 3 is 2.60 bits per heavy atom. The highest BCUT2D eigenvalue weighted by Crippen LogP contribution is 2.17. The molecule has 0 aliphatic carbocycles. The van der Waals surface area contributed by atoms with Gasteiger partial charge in [0.2, 0.25) is 5.78 Å². The summed E-state index contributed by atoms with van der Waals surface area (Å²) < 4.78 is 0. The predicted molar refractivity (Wildman–Crippen MR) is 59.6 cm³/mol. The van der Waals surface area contributed by atoms with E-state index in [1.54, 1.807) is 30.3 Å². The van der Waals surface area contributed by atoms with Gasteiger partial charge in [-0.2, -0.15) is 0 Å². The summed E-state index contributed by atoms with van der Waals surface area (Å²) in [4.78, 5) is 23.3. The fourth-order valence-electron chi connectivity index (χ4n) is 1.35. The van der Waals surface area contributed by atoms with Crippen LogP contribution in [0.25, 0.3) is 0 Å². The molecule has 0 atom stereocenters. The molecule has 3 heteroatoms. The van der Waals surface area contributed by atoms with E-state index in [1.807, 2.05) is 11.4 Å². The van der Waals surface area contributed by atoms with Gasteiger partial charge < -0.3 is 0 Å². The highest BCUT2D eigenvalue weighted by atomic mass is 32.1. The minimum atomic E-state index is -0.0901. The maximum absolute atomic E-state index is 11.9. The van der Waals surface area contributed by atoms with Crippen molar-refractivity contribution in [1.82, 2.24) is 0 Å². The van der Waals surface area contributed by atoms with E-state index in [0.717, 1.165) is 0 Å². The molecule has 0 unspecified atom stereocenters. The van der Waals surface area contributed by atoms with Crippen molar-refractivity contribution in [2.45, 2.75) is 0 Å². The zero-order chi connectivity index (χ0) is 10.7. The van der Waals surface area contributed by atoms with Gasteiger partial charge in [0.15, 0.2) is 6.29 Å². The maximum atomic E-state index is 11.9. The Morgan fingerprint density at radius 2 is 1.93 bits per heavy atom. The average molecular weight is 216 g/mol. The second-order valence-electron chi connectivity index (χ2n) is 3.01. The van der Waals surface area contributed by atoms with Crippen LogP contribution in [-0.2, 0) is 0 Å². The van der Waals surface area contributed by atoms with Crippen LogP contribution >= 0.6 is 11.3 Å². The van der Waals surface area contributed by atoms with E-state index < -0.39 is 0 Å². The van der Waals surface area contributed by atoms with E-state index in [9.17, 15) is 9.59 Å². The molecule has 0 bridgehead atoms. The molecule has 2 rings (SSSR count). The largest absolute Gasteiger partial charge is 0.298 e. The number of carbonyl (C=O) groups is 2. The summed E-state index contributed by atoms with van der Waals surface area (Å²) in [5, 5.41) is 1.84. The van der Waals surface area contributed by atoms with E-state index in [0.29, 0.717) is 22.3 Å². The number of aldehydes is 1. The van der Waals surface area contributed by atoms with E-state index >= 15 is 0 Å². The van der Waals surface area contributed by atoms with E-state index in [4.69, 9.17) is 0 Å². The van der Waals surface area contributed by atoms with Crippen molar-refractivity contribution < 1.29 is 9.59 Å². The zero-order valence-corrected chi connectivity index (χ0v) is 8.66. The lowest BCUT2D eigenvalue weighted by Gasteiger charge is -2.00. The van der Waals surface area contributed by atoms with Crippen molar-refractivity contribution >= 4 is 23.4 Å². The number of hydrogen-bond acceptors (Lipinski definition) is 3. The zero-order valence-electron chi connectivity index (χ0n) is 7.84. The van der Waals surface area contributed by atoms with E-state index in [1.165, 1.54) is 11.3 Å². The first kappa shape index (κ1) is 9.80. The molecule has 0 aliphatic rings. The van der Waals surface area contributed by atoms with Gasteiger partial charge >= 0.3 is 0 Å². The van der Waals surface area contributed by atoms with Gasteiger partial charge in [-0.25, -0.2) is 0 Å². The Bertz CT molecular complexity index is 486. The van der Waals surface area contributed by atoms with Gasteiger partial charge in [0.25, 0.3) is 0 Å². The lowest BCUT2D eigenvalue weighted by molar-refractivity contribution is 0.103. The summed E-state index contributed by atoms with van der Waals surface area (Å²) in [6.07, 6.45) is 0.709. The van der Waals surface area contributed by atoms with Crippen molar-refractivity contribution in [3.05, 3.63) is 57.8 Å². The Morgan fingerprint density at radius 1 is 1.13 bits per heavy atom. The Balaban J connectivity index is 2.46. The first-order chi connectivity index (χ1) is 7.33. The topological polar surface area (TPSA) is 34.1 Å². The molecule has 0 saturated heterocycles. The van der Waals surface area contributed by atoms with Crippen LogP contribution in [0.2, 0.25) is 0 Å². The van der Waals surface area contributed by atoms with Gasteiger partial charge in [-0.15, -0.1) is 11.3 Å². The van der Waals surface area contributed by atoms with Crippen LogP contribution in [0.1, 0.15) is 25.6 Å². The van der Waals surface area contributed by atoms with Gasteiger partial charge in [-0.05, 0) is 11.4 Å². The predicted octanol–water partition coefficient (Wildman–Crippen LogP) is 2.79. The molecule has 1 aromatic heterocycles. The molecule has 1 aromatic carbocycles. The second kappa shape index (κ2) is 4.19. The van der Waals surface area contributed by atoms with Crippen LogP contribution in [0.3, 0.4) is 0 Å². The van der Waals surface area contributed by atoms with Crippen molar-refractivity contribution in [3.63, 3.8) is 0 Å². The van der Waals surface area contributed by atoms with Gasteiger partial charge in [0, 0.05) is 11.1 Å². The van der Waals surface area contributed by atoms with Crippen LogP contribution in [0.4, 0.5) is 0 Å². The van der Waals surface area contributed by atoms with Crippen LogP contribution in [-0.4, -0.2) is 12.1 Å². The molecule has 0 saturated carbocycles. The van der Waals surface area contributed by atoms with Gasteiger partial charge in [0.1, 0.15) is 0 Å². The first-order valence-electron chi connectivity index (χ1n) is 4.45. The average Bonchev–Trinajstić information content (AvgIpc) is 2.81. The van der Waals surface area contributed by atoms with Crippen molar-refractivity contribution in [2.24, 2.45) is 0 Å². The summed E-state index contributed by atoms with van der Waals surface area (Å²) in [7, 11) is 0. The molecule has 2 aromatic rings. The van der Waals surface area contributed by atoms with Crippen LogP contribution < -0.4 is 0 Å². The smallest absolute Gasteiger partial charge is 0.203 e. The lowest BCUT2D eigenvalue weighted by Crippen LogP contribution is -2.02. The van der Waals surface area contributed by atoms with E-state index in [2.05, 4.69) is 0 Å². The van der Waals surface area contributed by atoms with Crippen LogP contribution in [0.5, 0.6) is 0 Å². The third-order valence-corrected chi connectivity index (χ3v) is 2.95. The molecule has 2 nitrogen and oxygen atoms in total. The summed E-state index contributed by atoms with van der Waals surface area (Å²) in [6, 6.07) is 10.4. The maximum Gasteiger partial charge on any atom is 0.203 e. The summed E-state index contributed by atoms with van der Waals surface area (Å²) in [5.74, 6) is -0.0901. The molecule has 0 fully saturated rings. The second-order valence-corrected chi connectivity index (χ2v) is 3.96. The van der Waals surface area contributed by atoms with Gasteiger partial charge in [0.05, 0.1) is 4.88 Å². The third kappa shape index (κ3) is 1.87. The molecule has 0 spiro atoms. The SMILES string of the molecule is O=Cc1ccccc1C(=O)c1cccs1. The highest BCUT2D eigenvalue weighted by molar-refractivity contribution is 7.12. The Kier molecular flexibility index (Phi) is 2.74. The van der Waals surface area contributed by atoms with Crippen LogP contribution in [0, 0.1) is 0 Å². The monoisotopic (exact) mass is 216 g/mol. The van der Waals surface area contributed by atoms with Crippen molar-refractivity contribution in [2.75, 3.05) is 0 Å². The normalized spacial score (nSPS) is 9.87. The summed E-state index contributed by atoms with van der Waals surface area (Å²) in [6.45, 7) is 0. The molecule has 0 aliphatic heterocycles.